The van der Waals surface area contributed by atoms with Gasteiger partial charge >= 0.3 is 0 Å². The zero-order chi connectivity index (χ0) is 31.8. The predicted octanol–water partition coefficient (Wildman–Crippen LogP) is 9.25. The Hall–Kier alpha value is -3.46. The van der Waals surface area contributed by atoms with E-state index in [2.05, 4.69) is 146 Å². The van der Waals surface area contributed by atoms with Crippen molar-refractivity contribution in [3.05, 3.63) is 94.5 Å². The molecule has 1 fully saturated rings. The van der Waals surface area contributed by atoms with Crippen LogP contribution in [0.25, 0.3) is 0 Å². The highest BCUT2D eigenvalue weighted by Gasteiger charge is 2.62. The van der Waals surface area contributed by atoms with Gasteiger partial charge < -0.3 is 9.80 Å². The van der Waals surface area contributed by atoms with Crippen LogP contribution in [-0.4, -0.2) is 12.3 Å². The molecule has 45 heavy (non-hydrogen) atoms. The minimum Gasteiger partial charge on any atom is -0.335 e. The van der Waals surface area contributed by atoms with E-state index in [0.29, 0.717) is 0 Å². The Bertz CT molecular complexity index is 1890. The van der Waals surface area contributed by atoms with E-state index in [1.54, 1.807) is 11.0 Å². The number of hydrogen-bond donors (Lipinski definition) is 0. The van der Waals surface area contributed by atoms with Gasteiger partial charge in [0.25, 0.3) is 6.71 Å². The lowest BCUT2D eigenvalue weighted by molar-refractivity contribution is 0.194. The summed E-state index contributed by atoms with van der Waals surface area (Å²) in [5.74, 6) is 0. The zero-order valence-corrected chi connectivity index (χ0v) is 29.2. The Kier molecular flexibility index (Phi) is 5.85. The number of benzene rings is 4. The van der Waals surface area contributed by atoms with Crippen molar-refractivity contribution in [3.63, 3.8) is 0 Å². The normalized spacial score (nSPS) is 23.0. The molecule has 1 saturated carbocycles. The number of rotatable bonds is 1. The van der Waals surface area contributed by atoms with Gasteiger partial charge in [-0.05, 0) is 113 Å². The first-order chi connectivity index (χ1) is 21.2. The highest BCUT2D eigenvalue weighted by molar-refractivity contribution is 7.00. The molecule has 4 aromatic carbocycles. The van der Waals surface area contributed by atoms with Crippen molar-refractivity contribution in [1.82, 2.24) is 0 Å². The second-order valence-electron chi connectivity index (χ2n) is 17.1. The molecular weight excluding hydrogens is 543 g/mol. The molecule has 0 bridgehead atoms. The van der Waals surface area contributed by atoms with Crippen LogP contribution in [0, 0.1) is 13.8 Å². The summed E-state index contributed by atoms with van der Waals surface area (Å²) < 4.78 is 0. The molecule has 2 atom stereocenters. The average molecular weight is 593 g/mol. The summed E-state index contributed by atoms with van der Waals surface area (Å²) in [6.45, 7) is 24.1. The maximum Gasteiger partial charge on any atom is 0.252 e. The summed E-state index contributed by atoms with van der Waals surface area (Å²) in [5.41, 5.74) is 19.0. The third-order valence-corrected chi connectivity index (χ3v) is 12.3. The standard InChI is InChI=1S/C42H49BN2/c1-26-24-27(2)36-38-35(26)41(9)22-11-12-23-42(41,10)45(38)34-15-13-14-33-37(34)43(36)31-25-29(40(6,7)8)18-21-32(31)44(33)30-19-16-28(17-20-30)39(3,4)5/h13-21,24-25H,11-12,22-23H2,1-10H3. The number of anilines is 5. The van der Waals surface area contributed by atoms with Gasteiger partial charge in [-0.25, -0.2) is 0 Å². The summed E-state index contributed by atoms with van der Waals surface area (Å²) >= 11 is 0. The zero-order valence-electron chi connectivity index (χ0n) is 29.2. The quantitative estimate of drug-likeness (QED) is 0.179. The lowest BCUT2D eigenvalue weighted by Gasteiger charge is -2.53. The molecule has 0 spiro atoms. The molecule has 2 nitrogen and oxygen atoms in total. The van der Waals surface area contributed by atoms with E-state index in [1.807, 2.05) is 0 Å². The van der Waals surface area contributed by atoms with Crippen LogP contribution < -0.4 is 26.2 Å². The fourth-order valence-corrected chi connectivity index (χ4v) is 9.81. The minimum absolute atomic E-state index is 0.0493. The Labute approximate surface area is 271 Å². The van der Waals surface area contributed by atoms with E-state index in [4.69, 9.17) is 0 Å². The number of aryl methyl sites for hydroxylation is 2. The van der Waals surface area contributed by atoms with Gasteiger partial charge in [0.15, 0.2) is 0 Å². The number of hydrogen-bond acceptors (Lipinski definition) is 2. The molecule has 0 radical (unpaired) electrons. The molecular formula is C42H49BN2. The lowest BCUT2D eigenvalue weighted by Crippen LogP contribution is -2.65. The van der Waals surface area contributed by atoms with Gasteiger partial charge in [0.05, 0.1) is 5.54 Å². The molecule has 3 heterocycles. The summed E-state index contributed by atoms with van der Waals surface area (Å²) in [6.07, 6.45) is 5.10. The molecule has 0 N–H and O–H groups in total. The van der Waals surface area contributed by atoms with Crippen LogP contribution in [0.1, 0.15) is 109 Å². The largest absolute Gasteiger partial charge is 0.335 e. The van der Waals surface area contributed by atoms with E-state index >= 15 is 0 Å². The number of fused-ring (bicyclic) bond motifs is 7. The molecule has 3 aliphatic heterocycles. The van der Waals surface area contributed by atoms with E-state index in [9.17, 15) is 0 Å². The fraction of sp³-hybridized carbons (Fsp3) is 0.429. The van der Waals surface area contributed by atoms with Crippen LogP contribution in [0.4, 0.5) is 28.4 Å². The first-order valence-electron chi connectivity index (χ1n) is 17.3. The Morgan fingerprint density at radius 2 is 1.31 bits per heavy atom. The summed E-state index contributed by atoms with van der Waals surface area (Å²) in [5, 5.41) is 0. The molecule has 0 aromatic heterocycles. The maximum atomic E-state index is 2.85. The highest BCUT2D eigenvalue weighted by Crippen LogP contribution is 2.62. The third kappa shape index (κ3) is 3.70. The van der Waals surface area contributed by atoms with Gasteiger partial charge in [-0.15, -0.1) is 0 Å². The molecule has 0 saturated heterocycles. The Morgan fingerprint density at radius 1 is 0.667 bits per heavy atom. The summed E-state index contributed by atoms with van der Waals surface area (Å²) in [7, 11) is 0. The van der Waals surface area contributed by atoms with Gasteiger partial charge in [0.2, 0.25) is 0 Å². The van der Waals surface area contributed by atoms with E-state index < -0.39 is 0 Å². The smallest absolute Gasteiger partial charge is 0.252 e. The van der Waals surface area contributed by atoms with Crippen LogP contribution in [0.15, 0.2) is 66.7 Å². The van der Waals surface area contributed by atoms with Crippen LogP contribution in [-0.2, 0) is 16.2 Å². The topological polar surface area (TPSA) is 6.48 Å². The van der Waals surface area contributed by atoms with Gasteiger partial charge in [-0.1, -0.05) is 103 Å². The molecule has 1 aliphatic carbocycles. The monoisotopic (exact) mass is 592 g/mol. The molecule has 3 heteroatoms. The molecule has 8 rings (SSSR count). The van der Waals surface area contributed by atoms with Crippen LogP contribution >= 0.6 is 0 Å². The molecule has 4 aliphatic rings. The van der Waals surface area contributed by atoms with Crippen LogP contribution in [0.2, 0.25) is 0 Å². The van der Waals surface area contributed by atoms with Gasteiger partial charge in [-0.3, -0.25) is 0 Å². The molecule has 230 valence electrons. The second-order valence-corrected chi connectivity index (χ2v) is 17.1. The van der Waals surface area contributed by atoms with Crippen LogP contribution in [0.3, 0.4) is 0 Å². The Morgan fingerprint density at radius 3 is 2.00 bits per heavy atom. The highest BCUT2D eigenvalue weighted by atomic mass is 15.3. The fourth-order valence-electron chi connectivity index (χ4n) is 9.81. The van der Waals surface area contributed by atoms with Crippen LogP contribution in [0.5, 0.6) is 0 Å². The third-order valence-electron chi connectivity index (χ3n) is 12.3. The lowest BCUT2D eigenvalue weighted by atomic mass is 9.32. The van der Waals surface area contributed by atoms with Gasteiger partial charge in [-0.2, -0.15) is 0 Å². The number of nitrogens with zero attached hydrogens (tertiary/aromatic N) is 2. The minimum atomic E-state index is 0.0493. The Balaban J connectivity index is 1.47. The first-order valence-corrected chi connectivity index (χ1v) is 17.3. The molecule has 2 unspecified atom stereocenters. The van der Waals surface area contributed by atoms with E-state index in [1.165, 1.54) is 87.3 Å². The first kappa shape index (κ1) is 29.0. The summed E-state index contributed by atoms with van der Waals surface area (Å²) in [4.78, 5) is 5.42. The van der Waals surface area contributed by atoms with Crippen molar-refractivity contribution in [2.75, 3.05) is 9.80 Å². The van der Waals surface area contributed by atoms with Crippen molar-refractivity contribution < 1.29 is 0 Å². The molecule has 0 amide bonds. The van der Waals surface area contributed by atoms with E-state index in [-0.39, 0.29) is 28.5 Å². The van der Waals surface area contributed by atoms with E-state index in [0.717, 1.165) is 0 Å². The second kappa shape index (κ2) is 9.08. The van der Waals surface area contributed by atoms with Gasteiger partial charge in [0.1, 0.15) is 0 Å². The SMILES string of the molecule is Cc1cc(C)c2c3c1B1c4cc(C(C)(C)C)ccc4N(c4ccc(C(C)(C)C)cc4)c4cccc(c41)N3C1(C)CCCCC21C. The van der Waals surface area contributed by atoms with Gasteiger partial charge in [0, 0.05) is 33.9 Å². The van der Waals surface area contributed by atoms with Crippen molar-refractivity contribution in [2.45, 2.75) is 117 Å². The van der Waals surface area contributed by atoms with Crippen molar-refractivity contribution in [3.8, 4) is 0 Å². The predicted molar refractivity (Wildman–Crippen MR) is 195 cm³/mol. The summed E-state index contributed by atoms with van der Waals surface area (Å²) in [6, 6.07) is 26.4. The maximum absolute atomic E-state index is 2.85. The average Bonchev–Trinajstić information content (AvgIpc) is 3.20. The molecule has 4 aromatic rings. The van der Waals surface area contributed by atoms with Crippen molar-refractivity contribution in [1.29, 1.82) is 0 Å². The van der Waals surface area contributed by atoms with Crippen molar-refractivity contribution >= 4 is 51.5 Å². The van der Waals surface area contributed by atoms with Crippen molar-refractivity contribution in [2.24, 2.45) is 0 Å².